The van der Waals surface area contributed by atoms with E-state index in [1.807, 2.05) is 20.8 Å². The van der Waals surface area contributed by atoms with Crippen LogP contribution in [0.25, 0.3) is 0 Å². The van der Waals surface area contributed by atoms with E-state index in [9.17, 15) is 9.59 Å². The summed E-state index contributed by atoms with van der Waals surface area (Å²) in [6, 6.07) is 10.4. The van der Waals surface area contributed by atoms with Crippen molar-refractivity contribution in [1.82, 2.24) is 10.3 Å². The normalized spacial score (nSPS) is 10.4. The molecule has 0 aliphatic heterocycles. The van der Waals surface area contributed by atoms with Gasteiger partial charge in [0.25, 0.3) is 11.8 Å². The van der Waals surface area contributed by atoms with Gasteiger partial charge in [0.2, 0.25) is 0 Å². The molecule has 0 atom stereocenters. The van der Waals surface area contributed by atoms with Gasteiger partial charge in [-0.15, -0.1) is 0 Å². The second-order valence-corrected chi connectivity index (χ2v) is 5.79. The van der Waals surface area contributed by atoms with Crippen LogP contribution in [-0.2, 0) is 0 Å². The Balaban J connectivity index is 2.15. The summed E-state index contributed by atoms with van der Waals surface area (Å²) in [6.07, 6.45) is 1.52. The van der Waals surface area contributed by atoms with Crippen LogP contribution in [0.2, 0.25) is 0 Å². The molecule has 0 spiro atoms. The Morgan fingerprint density at radius 2 is 1.83 bits per heavy atom. The topological polar surface area (TPSA) is 71.1 Å². The third-order valence-corrected chi connectivity index (χ3v) is 3.26. The highest BCUT2D eigenvalue weighted by Gasteiger charge is 2.14. The molecule has 120 valence electrons. The Bertz CT molecular complexity index is 694. The molecule has 0 fully saturated rings. The number of hydrogen-bond acceptors (Lipinski definition) is 3. The van der Waals surface area contributed by atoms with E-state index < -0.39 is 0 Å². The molecule has 0 unspecified atom stereocenters. The minimum atomic E-state index is -0.290. The molecule has 2 aromatic rings. The Hall–Kier alpha value is -2.69. The lowest BCUT2D eigenvalue weighted by atomic mass is 10.1. The maximum atomic E-state index is 12.3. The molecule has 0 aliphatic carbocycles. The van der Waals surface area contributed by atoms with Gasteiger partial charge in [-0.25, -0.2) is 0 Å². The number of carbonyl (C=O) groups excluding carboxylic acids is 2. The monoisotopic (exact) mass is 311 g/mol. The molecule has 23 heavy (non-hydrogen) atoms. The molecule has 1 aromatic heterocycles. The van der Waals surface area contributed by atoms with Gasteiger partial charge in [0.1, 0.15) is 0 Å². The van der Waals surface area contributed by atoms with Crippen LogP contribution in [0.15, 0.2) is 42.6 Å². The first-order valence-electron chi connectivity index (χ1n) is 7.58. The van der Waals surface area contributed by atoms with Gasteiger partial charge in [0, 0.05) is 18.4 Å². The molecule has 2 N–H and O–H groups in total. The zero-order valence-electron chi connectivity index (χ0n) is 13.6. The number of rotatable bonds is 5. The summed E-state index contributed by atoms with van der Waals surface area (Å²) in [7, 11) is 0. The zero-order chi connectivity index (χ0) is 16.8. The predicted octanol–water partition coefficient (Wildman–Crippen LogP) is 3.03. The highest BCUT2D eigenvalue weighted by molar-refractivity contribution is 6.08. The number of carbonyl (C=O) groups is 2. The van der Waals surface area contributed by atoms with Crippen LogP contribution >= 0.6 is 0 Å². The van der Waals surface area contributed by atoms with Crippen molar-refractivity contribution in [3.63, 3.8) is 0 Å². The van der Waals surface area contributed by atoms with E-state index in [4.69, 9.17) is 0 Å². The van der Waals surface area contributed by atoms with Crippen molar-refractivity contribution in [1.29, 1.82) is 0 Å². The van der Waals surface area contributed by atoms with Crippen molar-refractivity contribution in [2.24, 2.45) is 5.92 Å². The van der Waals surface area contributed by atoms with E-state index in [2.05, 4.69) is 15.6 Å². The summed E-state index contributed by atoms with van der Waals surface area (Å²) in [4.78, 5) is 28.6. The maximum Gasteiger partial charge on any atom is 0.257 e. The smallest absolute Gasteiger partial charge is 0.257 e. The number of amides is 2. The molecule has 0 saturated carbocycles. The number of benzene rings is 1. The molecular formula is C18H21N3O2. The number of hydrogen-bond donors (Lipinski definition) is 2. The van der Waals surface area contributed by atoms with E-state index >= 15 is 0 Å². The first kappa shape index (κ1) is 16.7. The Labute approximate surface area is 136 Å². The second-order valence-electron chi connectivity index (χ2n) is 5.79. The lowest BCUT2D eigenvalue weighted by Crippen LogP contribution is -2.28. The fraction of sp³-hybridized carbons (Fsp3) is 0.278. The van der Waals surface area contributed by atoms with Gasteiger partial charge in [-0.2, -0.15) is 0 Å². The first-order valence-corrected chi connectivity index (χ1v) is 7.58. The van der Waals surface area contributed by atoms with Crippen LogP contribution < -0.4 is 10.6 Å². The summed E-state index contributed by atoms with van der Waals surface area (Å²) in [5, 5.41) is 5.63. The Morgan fingerprint density at radius 3 is 2.48 bits per heavy atom. The van der Waals surface area contributed by atoms with Crippen molar-refractivity contribution in [2.45, 2.75) is 20.8 Å². The van der Waals surface area contributed by atoms with E-state index in [1.54, 1.807) is 36.4 Å². The molecule has 2 rings (SSSR count). The van der Waals surface area contributed by atoms with Gasteiger partial charge in [-0.05, 0) is 37.1 Å². The van der Waals surface area contributed by atoms with Crippen molar-refractivity contribution in [3.8, 4) is 0 Å². The van der Waals surface area contributed by atoms with Gasteiger partial charge in [-0.3, -0.25) is 14.6 Å². The van der Waals surface area contributed by atoms with Gasteiger partial charge in [0.05, 0.1) is 16.8 Å². The number of nitrogens with one attached hydrogen (secondary N) is 2. The zero-order valence-corrected chi connectivity index (χ0v) is 13.6. The van der Waals surface area contributed by atoms with E-state index in [1.165, 1.54) is 6.20 Å². The average Bonchev–Trinajstić information content (AvgIpc) is 2.53. The standard InChI is InChI=1S/C18H21N3O2/c1-12(2)10-20-18(23)15-6-4-5-7-16(15)21-17(22)14-9-8-13(3)19-11-14/h4-9,11-12H,10H2,1-3H3,(H,20,23)(H,21,22). The van der Waals surface area contributed by atoms with Crippen LogP contribution in [0.4, 0.5) is 5.69 Å². The lowest BCUT2D eigenvalue weighted by molar-refractivity contribution is 0.0950. The number of aryl methyl sites for hydroxylation is 1. The third-order valence-electron chi connectivity index (χ3n) is 3.26. The average molecular weight is 311 g/mol. The fourth-order valence-electron chi connectivity index (χ4n) is 1.98. The summed E-state index contributed by atoms with van der Waals surface area (Å²) in [5.74, 6) is -0.127. The Morgan fingerprint density at radius 1 is 1.09 bits per heavy atom. The molecule has 0 saturated heterocycles. The third kappa shape index (κ3) is 4.64. The molecule has 1 aromatic carbocycles. The number of nitrogens with zero attached hydrogens (tertiary/aromatic N) is 1. The van der Waals surface area contributed by atoms with Crippen LogP contribution in [0.3, 0.4) is 0 Å². The van der Waals surface area contributed by atoms with E-state index in [0.717, 1.165) is 5.69 Å². The van der Waals surface area contributed by atoms with Crippen LogP contribution in [0, 0.1) is 12.8 Å². The van der Waals surface area contributed by atoms with Gasteiger partial charge in [-0.1, -0.05) is 26.0 Å². The number of aromatic nitrogens is 1. The van der Waals surface area contributed by atoms with Gasteiger partial charge >= 0.3 is 0 Å². The molecule has 2 amide bonds. The molecule has 5 heteroatoms. The largest absolute Gasteiger partial charge is 0.352 e. The summed E-state index contributed by atoms with van der Waals surface area (Å²) in [5.41, 5.74) is 2.23. The summed E-state index contributed by atoms with van der Waals surface area (Å²) < 4.78 is 0. The number of para-hydroxylation sites is 1. The molecule has 0 bridgehead atoms. The predicted molar refractivity (Wildman–Crippen MR) is 90.5 cm³/mol. The number of anilines is 1. The van der Waals surface area contributed by atoms with Crippen LogP contribution in [-0.4, -0.2) is 23.3 Å². The lowest BCUT2D eigenvalue weighted by Gasteiger charge is -2.12. The highest BCUT2D eigenvalue weighted by atomic mass is 16.2. The van der Waals surface area contributed by atoms with Crippen molar-refractivity contribution < 1.29 is 9.59 Å². The Kier molecular flexibility index (Phi) is 5.46. The fourth-order valence-corrected chi connectivity index (χ4v) is 1.98. The van der Waals surface area contributed by atoms with E-state index in [-0.39, 0.29) is 11.8 Å². The van der Waals surface area contributed by atoms with E-state index in [0.29, 0.717) is 29.3 Å². The molecule has 0 radical (unpaired) electrons. The summed E-state index contributed by atoms with van der Waals surface area (Å²) in [6.45, 7) is 6.50. The molecule has 5 nitrogen and oxygen atoms in total. The molecule has 0 aliphatic rings. The van der Waals surface area contributed by atoms with Crippen LogP contribution in [0.1, 0.15) is 40.3 Å². The molecule has 1 heterocycles. The number of pyridine rings is 1. The highest BCUT2D eigenvalue weighted by Crippen LogP contribution is 2.16. The molecular weight excluding hydrogens is 290 g/mol. The minimum Gasteiger partial charge on any atom is -0.352 e. The minimum absolute atomic E-state index is 0.198. The van der Waals surface area contributed by atoms with Crippen molar-refractivity contribution in [3.05, 3.63) is 59.4 Å². The van der Waals surface area contributed by atoms with Gasteiger partial charge < -0.3 is 10.6 Å². The van der Waals surface area contributed by atoms with Gasteiger partial charge in [0.15, 0.2) is 0 Å². The first-order chi connectivity index (χ1) is 11.0. The SMILES string of the molecule is Cc1ccc(C(=O)Nc2ccccc2C(=O)NCC(C)C)cn1. The maximum absolute atomic E-state index is 12.3. The second kappa shape index (κ2) is 7.54. The van der Waals surface area contributed by atoms with Crippen LogP contribution in [0.5, 0.6) is 0 Å². The summed E-state index contributed by atoms with van der Waals surface area (Å²) >= 11 is 0. The quantitative estimate of drug-likeness (QED) is 0.891. The van der Waals surface area contributed by atoms with Crippen molar-refractivity contribution >= 4 is 17.5 Å². The van der Waals surface area contributed by atoms with Crippen molar-refractivity contribution in [2.75, 3.05) is 11.9 Å².